The highest BCUT2D eigenvalue weighted by atomic mass is 79.9. The van der Waals surface area contributed by atoms with Crippen LogP contribution < -0.4 is 5.32 Å². The smallest absolute Gasteiger partial charge is 0.305 e. The zero-order valence-corrected chi connectivity index (χ0v) is 11.9. The van der Waals surface area contributed by atoms with Gasteiger partial charge in [0, 0.05) is 16.9 Å². The minimum absolute atomic E-state index is 0.0446. The maximum Gasteiger partial charge on any atom is 0.305 e. The summed E-state index contributed by atoms with van der Waals surface area (Å²) in [7, 11) is 0. The Morgan fingerprint density at radius 1 is 1.35 bits per heavy atom. The molecule has 0 aliphatic carbocycles. The monoisotopic (exact) mass is 338 g/mol. The normalized spacial score (nSPS) is 10.2. The molecule has 0 radical (unpaired) electrons. The molecular formula is C12H11BrN4O3. The molecule has 0 aliphatic rings. The van der Waals surface area contributed by atoms with Crippen molar-refractivity contribution >= 4 is 33.6 Å². The van der Waals surface area contributed by atoms with E-state index in [1.807, 2.05) is 0 Å². The van der Waals surface area contributed by atoms with Crippen molar-refractivity contribution in [3.63, 3.8) is 0 Å². The summed E-state index contributed by atoms with van der Waals surface area (Å²) >= 11 is 3.25. The van der Waals surface area contributed by atoms with Gasteiger partial charge in [-0.1, -0.05) is 0 Å². The van der Waals surface area contributed by atoms with E-state index in [2.05, 4.69) is 31.3 Å². The molecule has 2 heterocycles. The second-order valence-electron chi connectivity index (χ2n) is 3.92. The van der Waals surface area contributed by atoms with Crippen LogP contribution in [0.15, 0.2) is 35.1 Å². The number of carbonyl (C=O) groups excluding carboxylic acids is 1. The molecule has 7 nitrogen and oxygen atoms in total. The molecule has 0 aromatic carbocycles. The maximum absolute atomic E-state index is 11.9. The second-order valence-corrected chi connectivity index (χ2v) is 4.84. The third-order valence-electron chi connectivity index (χ3n) is 2.40. The van der Waals surface area contributed by atoms with Crippen molar-refractivity contribution in [2.75, 3.05) is 5.32 Å². The summed E-state index contributed by atoms with van der Waals surface area (Å²) in [6, 6.07) is 4.94. The molecule has 2 N–H and O–H groups in total. The molecule has 2 aromatic rings. The Bertz CT molecular complexity index is 624. The number of pyridine rings is 1. The number of aliphatic carboxylic acids is 1. The van der Waals surface area contributed by atoms with Crippen LogP contribution in [-0.4, -0.2) is 31.7 Å². The Hall–Kier alpha value is -2.22. The number of nitrogens with one attached hydrogen (secondary N) is 1. The fourth-order valence-electron chi connectivity index (χ4n) is 1.45. The van der Waals surface area contributed by atoms with Crippen molar-refractivity contribution in [1.29, 1.82) is 0 Å². The molecule has 2 rings (SSSR count). The molecule has 0 atom stereocenters. The molecule has 1 amide bonds. The second kappa shape index (κ2) is 6.29. The molecule has 8 heteroatoms. The highest BCUT2D eigenvalue weighted by molar-refractivity contribution is 9.10. The number of rotatable bonds is 5. The van der Waals surface area contributed by atoms with Gasteiger partial charge in [-0.3, -0.25) is 14.3 Å². The minimum atomic E-state index is -0.912. The van der Waals surface area contributed by atoms with Gasteiger partial charge < -0.3 is 10.4 Å². The number of aryl methyl sites for hydroxylation is 1. The van der Waals surface area contributed by atoms with Crippen LogP contribution in [0, 0.1) is 0 Å². The predicted molar refractivity (Wildman–Crippen MR) is 74.4 cm³/mol. The Balaban J connectivity index is 1.98. The van der Waals surface area contributed by atoms with Gasteiger partial charge in [0.2, 0.25) is 0 Å². The van der Waals surface area contributed by atoms with Gasteiger partial charge in [-0.25, -0.2) is 4.98 Å². The van der Waals surface area contributed by atoms with Crippen molar-refractivity contribution in [3.05, 3.63) is 40.8 Å². The topological polar surface area (TPSA) is 97.1 Å². The van der Waals surface area contributed by atoms with E-state index in [1.165, 1.54) is 10.7 Å². The molecule has 0 unspecified atom stereocenters. The van der Waals surface area contributed by atoms with Gasteiger partial charge in [0.05, 0.1) is 13.0 Å². The predicted octanol–water partition coefficient (Wildman–Crippen LogP) is 1.77. The molecule has 2 aromatic heterocycles. The van der Waals surface area contributed by atoms with Crippen LogP contribution in [0.25, 0.3) is 0 Å². The summed E-state index contributed by atoms with van der Waals surface area (Å²) in [6.45, 7) is 0.221. The van der Waals surface area contributed by atoms with E-state index in [0.717, 1.165) is 4.47 Å². The zero-order chi connectivity index (χ0) is 14.5. The lowest BCUT2D eigenvalue weighted by molar-refractivity contribution is -0.137. The number of carboxylic acid groups (broad SMARTS) is 1. The summed E-state index contributed by atoms with van der Waals surface area (Å²) in [6.07, 6.45) is 3.09. The summed E-state index contributed by atoms with van der Waals surface area (Å²) in [5, 5.41) is 15.2. The number of anilines is 1. The first-order valence-corrected chi connectivity index (χ1v) is 6.52. The lowest BCUT2D eigenvalue weighted by Gasteiger charge is -2.02. The highest BCUT2D eigenvalue weighted by Gasteiger charge is 2.10. The van der Waals surface area contributed by atoms with Gasteiger partial charge >= 0.3 is 5.97 Å². The van der Waals surface area contributed by atoms with Crippen LogP contribution in [-0.2, 0) is 11.3 Å². The lowest BCUT2D eigenvalue weighted by atomic mass is 10.4. The molecule has 0 fully saturated rings. The molecule has 20 heavy (non-hydrogen) atoms. The van der Waals surface area contributed by atoms with Crippen LogP contribution in [0.1, 0.15) is 16.9 Å². The van der Waals surface area contributed by atoms with Crippen molar-refractivity contribution in [2.45, 2.75) is 13.0 Å². The van der Waals surface area contributed by atoms with Crippen molar-refractivity contribution in [3.8, 4) is 0 Å². The van der Waals surface area contributed by atoms with Crippen molar-refractivity contribution in [1.82, 2.24) is 14.8 Å². The standard InChI is InChI=1S/C12H11BrN4O3/c13-8-1-2-10(14-7-8)15-12(20)9-3-5-17(16-9)6-4-11(18)19/h1-3,5,7H,4,6H2,(H,18,19)(H,14,15,20). The van der Waals surface area contributed by atoms with Crippen LogP contribution in [0.4, 0.5) is 5.82 Å². The van der Waals surface area contributed by atoms with E-state index in [0.29, 0.717) is 5.82 Å². The van der Waals surface area contributed by atoms with Gasteiger partial charge in [0.15, 0.2) is 5.69 Å². The average Bonchev–Trinajstić information content (AvgIpc) is 2.88. The number of carboxylic acids is 1. The van der Waals surface area contributed by atoms with Gasteiger partial charge in [0.25, 0.3) is 5.91 Å². The number of hydrogen-bond acceptors (Lipinski definition) is 4. The van der Waals surface area contributed by atoms with E-state index >= 15 is 0 Å². The first-order chi connectivity index (χ1) is 9.54. The fraction of sp³-hybridized carbons (Fsp3) is 0.167. The number of nitrogens with zero attached hydrogens (tertiary/aromatic N) is 3. The maximum atomic E-state index is 11.9. The molecule has 0 spiro atoms. The van der Waals surface area contributed by atoms with Gasteiger partial charge in [-0.15, -0.1) is 0 Å². The third-order valence-corrected chi connectivity index (χ3v) is 2.87. The van der Waals surface area contributed by atoms with E-state index in [1.54, 1.807) is 24.5 Å². The van der Waals surface area contributed by atoms with Crippen molar-refractivity contribution in [2.24, 2.45) is 0 Å². The number of halogens is 1. The quantitative estimate of drug-likeness (QED) is 0.865. The minimum Gasteiger partial charge on any atom is -0.481 e. The van der Waals surface area contributed by atoms with E-state index in [-0.39, 0.29) is 18.7 Å². The molecule has 0 saturated heterocycles. The molecule has 0 aliphatic heterocycles. The summed E-state index contributed by atoms with van der Waals surface area (Å²) in [5.74, 6) is -0.891. The van der Waals surface area contributed by atoms with Crippen LogP contribution >= 0.6 is 15.9 Å². The Morgan fingerprint density at radius 2 is 2.15 bits per heavy atom. The highest BCUT2D eigenvalue weighted by Crippen LogP contribution is 2.11. The fourth-order valence-corrected chi connectivity index (χ4v) is 1.68. The number of aromatic nitrogens is 3. The van der Waals surface area contributed by atoms with Crippen LogP contribution in [0.5, 0.6) is 0 Å². The number of amides is 1. The van der Waals surface area contributed by atoms with Gasteiger partial charge in [-0.2, -0.15) is 5.10 Å². The third kappa shape index (κ3) is 3.89. The van der Waals surface area contributed by atoms with Gasteiger partial charge in [0.1, 0.15) is 5.82 Å². The molecular weight excluding hydrogens is 328 g/mol. The largest absolute Gasteiger partial charge is 0.481 e. The van der Waals surface area contributed by atoms with Crippen molar-refractivity contribution < 1.29 is 14.7 Å². The number of carbonyl (C=O) groups is 2. The summed E-state index contributed by atoms with van der Waals surface area (Å²) < 4.78 is 2.23. The average molecular weight is 339 g/mol. The first kappa shape index (κ1) is 14.2. The van der Waals surface area contributed by atoms with Crippen LogP contribution in [0.2, 0.25) is 0 Å². The van der Waals surface area contributed by atoms with E-state index < -0.39 is 11.9 Å². The molecule has 0 saturated carbocycles. The van der Waals surface area contributed by atoms with E-state index in [4.69, 9.17) is 5.11 Å². The Morgan fingerprint density at radius 3 is 2.80 bits per heavy atom. The van der Waals surface area contributed by atoms with Gasteiger partial charge in [-0.05, 0) is 34.1 Å². The Kier molecular flexibility index (Phi) is 4.46. The molecule has 104 valence electrons. The van der Waals surface area contributed by atoms with E-state index in [9.17, 15) is 9.59 Å². The Labute approximate surface area is 122 Å². The first-order valence-electron chi connectivity index (χ1n) is 5.73. The zero-order valence-electron chi connectivity index (χ0n) is 10.3. The SMILES string of the molecule is O=C(O)CCn1ccc(C(=O)Nc2ccc(Br)cn2)n1. The van der Waals surface area contributed by atoms with Crippen LogP contribution in [0.3, 0.4) is 0 Å². The summed E-state index contributed by atoms with van der Waals surface area (Å²) in [5.41, 5.74) is 0.208. The molecule has 0 bridgehead atoms. The number of hydrogen-bond donors (Lipinski definition) is 2. The summed E-state index contributed by atoms with van der Waals surface area (Å²) in [4.78, 5) is 26.4. The lowest BCUT2D eigenvalue weighted by Crippen LogP contribution is -2.14.